The zero-order valence-corrected chi connectivity index (χ0v) is 10.8. The minimum atomic E-state index is -4.12. The van der Waals surface area contributed by atoms with E-state index in [2.05, 4.69) is 0 Å². The van der Waals surface area contributed by atoms with Gasteiger partial charge in [-0.1, -0.05) is 38.0 Å². The summed E-state index contributed by atoms with van der Waals surface area (Å²) < 4.78 is 32.0. The van der Waals surface area contributed by atoms with Crippen LogP contribution in [0.15, 0.2) is 17.0 Å². The van der Waals surface area contributed by atoms with Gasteiger partial charge in [0.25, 0.3) is 10.1 Å². The first-order valence-corrected chi connectivity index (χ1v) is 6.94. The Kier molecular flexibility index (Phi) is 4.10. The van der Waals surface area contributed by atoms with E-state index in [1.165, 1.54) is 0 Å². The molecule has 0 fully saturated rings. The average molecular weight is 242 g/mol. The van der Waals surface area contributed by atoms with E-state index < -0.39 is 10.1 Å². The summed E-state index contributed by atoms with van der Waals surface area (Å²) in [7, 11) is -4.12. The van der Waals surface area contributed by atoms with E-state index >= 15 is 0 Å². The van der Waals surface area contributed by atoms with Gasteiger partial charge in [-0.05, 0) is 30.9 Å². The molecule has 1 N–H and O–H groups in total. The van der Waals surface area contributed by atoms with E-state index in [1.54, 1.807) is 0 Å². The summed E-state index contributed by atoms with van der Waals surface area (Å²) in [6, 6.07) is 3.66. The number of hydrogen-bond donors (Lipinski definition) is 1. The highest BCUT2D eigenvalue weighted by Gasteiger charge is 2.19. The number of hydrogen-bond acceptors (Lipinski definition) is 2. The van der Waals surface area contributed by atoms with Crippen LogP contribution in [0.2, 0.25) is 0 Å². The number of rotatable bonds is 4. The molecule has 0 spiro atoms. The first-order valence-electron chi connectivity index (χ1n) is 5.50. The van der Waals surface area contributed by atoms with Gasteiger partial charge in [-0.2, -0.15) is 8.42 Å². The highest BCUT2D eigenvalue weighted by molar-refractivity contribution is 7.86. The Morgan fingerprint density at radius 2 is 1.75 bits per heavy atom. The summed E-state index contributed by atoms with van der Waals surface area (Å²) >= 11 is 0. The van der Waals surface area contributed by atoms with Crippen LogP contribution in [-0.2, 0) is 23.0 Å². The van der Waals surface area contributed by atoms with Crippen LogP contribution in [0.1, 0.15) is 37.0 Å². The molecule has 0 amide bonds. The third kappa shape index (κ3) is 2.83. The average Bonchev–Trinajstić information content (AvgIpc) is 2.15. The molecule has 0 saturated carbocycles. The zero-order valence-electron chi connectivity index (χ0n) is 9.95. The molecule has 0 atom stereocenters. The van der Waals surface area contributed by atoms with Gasteiger partial charge in [0.1, 0.15) is 4.90 Å². The molecule has 4 heteroatoms. The molecule has 90 valence electrons. The lowest BCUT2D eigenvalue weighted by Gasteiger charge is -2.12. The number of aryl methyl sites for hydroxylation is 3. The second-order valence-corrected chi connectivity index (χ2v) is 5.35. The van der Waals surface area contributed by atoms with Crippen LogP contribution in [0.4, 0.5) is 0 Å². The van der Waals surface area contributed by atoms with Gasteiger partial charge in [-0.15, -0.1) is 0 Å². The molecule has 0 aliphatic heterocycles. The molecule has 0 aromatic heterocycles. The zero-order chi connectivity index (χ0) is 12.3. The predicted molar refractivity (Wildman–Crippen MR) is 64.4 cm³/mol. The lowest BCUT2D eigenvalue weighted by atomic mass is 10.0. The van der Waals surface area contributed by atoms with Crippen molar-refractivity contribution >= 4 is 10.1 Å². The van der Waals surface area contributed by atoms with Crippen LogP contribution < -0.4 is 0 Å². The van der Waals surface area contributed by atoms with Crippen LogP contribution in [0, 0.1) is 6.92 Å². The summed E-state index contributed by atoms with van der Waals surface area (Å²) in [5.74, 6) is 0. The topological polar surface area (TPSA) is 54.4 Å². The molecule has 0 heterocycles. The van der Waals surface area contributed by atoms with Crippen molar-refractivity contribution in [3.05, 3.63) is 28.8 Å². The Hall–Kier alpha value is -0.870. The van der Waals surface area contributed by atoms with E-state index in [0.29, 0.717) is 18.4 Å². The van der Waals surface area contributed by atoms with Crippen molar-refractivity contribution in [2.75, 3.05) is 0 Å². The maximum Gasteiger partial charge on any atom is 0.295 e. The number of benzene rings is 1. The molecule has 1 aromatic rings. The third-order valence-corrected chi connectivity index (χ3v) is 3.59. The van der Waals surface area contributed by atoms with Gasteiger partial charge >= 0.3 is 0 Å². The highest BCUT2D eigenvalue weighted by Crippen LogP contribution is 2.24. The van der Waals surface area contributed by atoms with Crippen molar-refractivity contribution in [1.29, 1.82) is 0 Å². The summed E-state index contributed by atoms with van der Waals surface area (Å²) in [6.45, 7) is 5.81. The standard InChI is InChI=1S/C12H18O3S/c1-4-6-11-8-9(3)7-10(5-2)12(11)16(13,14)15/h7-8H,4-6H2,1-3H3,(H,13,14,15). The first-order chi connectivity index (χ1) is 7.40. The van der Waals surface area contributed by atoms with Gasteiger partial charge in [-0.3, -0.25) is 4.55 Å². The Balaban J connectivity index is 3.52. The van der Waals surface area contributed by atoms with Crippen LogP contribution in [0.5, 0.6) is 0 Å². The predicted octanol–water partition coefficient (Wildman–Crippen LogP) is 2.76. The minimum absolute atomic E-state index is 0.113. The Morgan fingerprint density at radius 3 is 2.19 bits per heavy atom. The van der Waals surface area contributed by atoms with Gasteiger partial charge in [0.2, 0.25) is 0 Å². The van der Waals surface area contributed by atoms with Crippen molar-refractivity contribution in [2.24, 2.45) is 0 Å². The van der Waals surface area contributed by atoms with Crippen molar-refractivity contribution < 1.29 is 13.0 Å². The van der Waals surface area contributed by atoms with Crippen molar-refractivity contribution in [2.45, 2.75) is 44.9 Å². The summed E-state index contributed by atoms with van der Waals surface area (Å²) in [5.41, 5.74) is 2.46. The molecule has 1 rings (SSSR count). The van der Waals surface area contributed by atoms with Crippen molar-refractivity contribution in [3.63, 3.8) is 0 Å². The molecule has 1 aromatic carbocycles. The van der Waals surface area contributed by atoms with Crippen LogP contribution in [-0.4, -0.2) is 13.0 Å². The van der Waals surface area contributed by atoms with Gasteiger partial charge in [0, 0.05) is 0 Å². The fraction of sp³-hybridized carbons (Fsp3) is 0.500. The molecule has 0 unspecified atom stereocenters. The lowest BCUT2D eigenvalue weighted by molar-refractivity contribution is 0.481. The van der Waals surface area contributed by atoms with Crippen LogP contribution in [0.3, 0.4) is 0 Å². The summed E-state index contributed by atoms with van der Waals surface area (Å²) in [4.78, 5) is 0.113. The summed E-state index contributed by atoms with van der Waals surface area (Å²) in [5, 5.41) is 0. The first kappa shape index (κ1) is 13.2. The van der Waals surface area contributed by atoms with Gasteiger partial charge in [-0.25, -0.2) is 0 Å². The lowest BCUT2D eigenvalue weighted by Crippen LogP contribution is -2.08. The maximum atomic E-state index is 11.4. The molecular weight excluding hydrogens is 224 g/mol. The Labute approximate surface area is 97.2 Å². The Bertz CT molecular complexity index is 475. The van der Waals surface area contributed by atoms with E-state index in [4.69, 9.17) is 0 Å². The molecular formula is C12H18O3S. The molecule has 0 bridgehead atoms. The molecule has 0 aliphatic carbocycles. The fourth-order valence-corrected chi connectivity index (χ4v) is 3.00. The fourth-order valence-electron chi connectivity index (χ4n) is 1.98. The summed E-state index contributed by atoms with van der Waals surface area (Å²) in [6.07, 6.45) is 2.13. The van der Waals surface area contributed by atoms with E-state index in [9.17, 15) is 13.0 Å². The largest absolute Gasteiger partial charge is 0.295 e. The highest BCUT2D eigenvalue weighted by atomic mass is 32.2. The molecule has 0 aliphatic rings. The SMILES string of the molecule is CCCc1cc(C)cc(CC)c1S(=O)(=O)O. The van der Waals surface area contributed by atoms with Crippen LogP contribution >= 0.6 is 0 Å². The normalized spacial score (nSPS) is 11.8. The smallest absolute Gasteiger partial charge is 0.282 e. The van der Waals surface area contributed by atoms with E-state index in [0.717, 1.165) is 17.5 Å². The van der Waals surface area contributed by atoms with Crippen molar-refractivity contribution in [1.82, 2.24) is 0 Å². The minimum Gasteiger partial charge on any atom is -0.282 e. The molecule has 0 saturated heterocycles. The second-order valence-electron chi connectivity index (χ2n) is 3.99. The molecule has 0 radical (unpaired) electrons. The van der Waals surface area contributed by atoms with E-state index in [1.807, 2.05) is 32.9 Å². The molecule has 3 nitrogen and oxygen atoms in total. The van der Waals surface area contributed by atoms with Gasteiger partial charge < -0.3 is 0 Å². The monoisotopic (exact) mass is 242 g/mol. The van der Waals surface area contributed by atoms with Gasteiger partial charge in [0.15, 0.2) is 0 Å². The van der Waals surface area contributed by atoms with Crippen LogP contribution in [0.25, 0.3) is 0 Å². The van der Waals surface area contributed by atoms with E-state index in [-0.39, 0.29) is 4.90 Å². The third-order valence-electron chi connectivity index (χ3n) is 2.55. The van der Waals surface area contributed by atoms with Crippen molar-refractivity contribution in [3.8, 4) is 0 Å². The van der Waals surface area contributed by atoms with Gasteiger partial charge in [0.05, 0.1) is 0 Å². The Morgan fingerprint density at radius 1 is 1.19 bits per heavy atom. The second kappa shape index (κ2) is 4.97. The quantitative estimate of drug-likeness (QED) is 0.826. The molecule has 16 heavy (non-hydrogen) atoms. The maximum absolute atomic E-state index is 11.4.